The van der Waals surface area contributed by atoms with Crippen LogP contribution in [-0.2, 0) is 10.0 Å². The summed E-state index contributed by atoms with van der Waals surface area (Å²) in [6, 6.07) is 3.52. The van der Waals surface area contributed by atoms with Crippen molar-refractivity contribution >= 4 is 26.7 Å². The van der Waals surface area contributed by atoms with Crippen LogP contribution in [0, 0.1) is 0 Å². The molecule has 0 aliphatic heterocycles. The van der Waals surface area contributed by atoms with Gasteiger partial charge in [-0.2, -0.15) is 4.31 Å². The normalized spacial score (nSPS) is 12.3. The molecule has 0 spiro atoms. The summed E-state index contributed by atoms with van der Waals surface area (Å²) in [4.78, 5) is 4.36. The summed E-state index contributed by atoms with van der Waals surface area (Å²) >= 11 is 0. The summed E-state index contributed by atoms with van der Waals surface area (Å²) in [5.74, 6) is 0. The van der Waals surface area contributed by atoms with Gasteiger partial charge in [0.1, 0.15) is 4.90 Å². The molecule has 0 atom stereocenters. The summed E-state index contributed by atoms with van der Waals surface area (Å²) in [6.45, 7) is 7.15. The minimum atomic E-state index is -3.72. The van der Waals surface area contributed by atoms with E-state index in [2.05, 4.69) is 34.0 Å². The molecule has 1 heterocycles. The fourth-order valence-corrected chi connectivity index (χ4v) is 6.08. The second-order valence-corrected chi connectivity index (χ2v) is 12.1. The summed E-state index contributed by atoms with van der Waals surface area (Å²) < 4.78 is 34.5. The number of anilines is 1. The third kappa shape index (κ3) is 9.30. The molecular weight excluding hydrogens is 474 g/mol. The zero-order valence-corrected chi connectivity index (χ0v) is 24.2. The van der Waals surface area contributed by atoms with Gasteiger partial charge < -0.3 is 9.80 Å². The van der Waals surface area contributed by atoms with Gasteiger partial charge in [-0.15, -0.1) is 0 Å². The SMILES string of the molecule is CCCCCCCCN(CCCCCCCC)S(=O)(=O)c1ccc(N(C)CCN(C)C)c2nonc12. The Bertz CT molecular complexity index is 961. The van der Waals surface area contributed by atoms with E-state index in [0.717, 1.165) is 57.3 Å². The van der Waals surface area contributed by atoms with E-state index in [0.29, 0.717) is 24.1 Å². The molecule has 1 aromatic heterocycles. The maximum absolute atomic E-state index is 13.9. The van der Waals surface area contributed by atoms with E-state index >= 15 is 0 Å². The van der Waals surface area contributed by atoms with Crippen LogP contribution in [0.5, 0.6) is 0 Å². The van der Waals surface area contributed by atoms with Gasteiger partial charge in [0, 0.05) is 33.2 Å². The zero-order valence-electron chi connectivity index (χ0n) is 23.3. The van der Waals surface area contributed by atoms with E-state index < -0.39 is 10.0 Å². The molecule has 2 rings (SSSR count). The Hall–Kier alpha value is -1.71. The Morgan fingerprint density at radius 1 is 0.694 bits per heavy atom. The average Bonchev–Trinajstić information content (AvgIpc) is 3.34. The number of hydrogen-bond acceptors (Lipinski definition) is 7. The maximum atomic E-state index is 13.9. The monoisotopic (exact) mass is 523 g/mol. The lowest BCUT2D eigenvalue weighted by molar-refractivity contribution is 0.315. The molecule has 8 nitrogen and oxygen atoms in total. The lowest BCUT2D eigenvalue weighted by Crippen LogP contribution is -2.33. The largest absolute Gasteiger partial charge is 0.371 e. The molecule has 0 fully saturated rings. The van der Waals surface area contributed by atoms with Crippen LogP contribution in [0.4, 0.5) is 5.69 Å². The second kappa shape index (κ2) is 16.2. The highest BCUT2D eigenvalue weighted by Gasteiger charge is 2.29. The first-order valence-corrected chi connectivity index (χ1v) is 15.4. The standard InChI is InChI=1S/C27H49N5O3S/c1-6-8-10-12-14-16-20-32(21-17-15-13-11-9-7-2)36(33,34)25-19-18-24(26-27(25)29-35-28-26)31(5)23-22-30(3)4/h18-19H,6-17,20-23H2,1-5H3. The van der Waals surface area contributed by atoms with Crippen molar-refractivity contribution in [2.75, 3.05) is 52.2 Å². The molecule has 0 aliphatic rings. The van der Waals surface area contributed by atoms with Gasteiger partial charge in [-0.05, 0) is 49.4 Å². The van der Waals surface area contributed by atoms with E-state index in [1.807, 2.05) is 27.2 Å². The van der Waals surface area contributed by atoms with Crippen molar-refractivity contribution in [3.8, 4) is 0 Å². The van der Waals surface area contributed by atoms with E-state index in [9.17, 15) is 8.42 Å². The fraction of sp³-hybridized carbons (Fsp3) is 0.778. The van der Waals surface area contributed by atoms with Crippen LogP contribution in [0.3, 0.4) is 0 Å². The van der Waals surface area contributed by atoms with Crippen molar-refractivity contribution in [2.45, 2.75) is 95.8 Å². The van der Waals surface area contributed by atoms with Crippen molar-refractivity contribution in [3.05, 3.63) is 12.1 Å². The van der Waals surface area contributed by atoms with Crippen LogP contribution < -0.4 is 4.90 Å². The molecule has 0 saturated carbocycles. The number of rotatable bonds is 20. The topological polar surface area (TPSA) is 82.8 Å². The lowest BCUT2D eigenvalue weighted by atomic mass is 10.1. The summed E-state index contributed by atoms with van der Waals surface area (Å²) in [5, 5.41) is 8.12. The summed E-state index contributed by atoms with van der Waals surface area (Å²) in [5.41, 5.74) is 1.64. The van der Waals surface area contributed by atoms with Crippen molar-refractivity contribution in [1.82, 2.24) is 19.5 Å². The molecule has 1 aromatic carbocycles. The predicted octanol–water partition coefficient (Wildman–Crippen LogP) is 5.93. The van der Waals surface area contributed by atoms with Crippen LogP contribution in [0.15, 0.2) is 21.7 Å². The smallest absolute Gasteiger partial charge is 0.245 e. The van der Waals surface area contributed by atoms with Gasteiger partial charge >= 0.3 is 0 Å². The van der Waals surface area contributed by atoms with Crippen LogP contribution in [-0.4, -0.2) is 75.3 Å². The van der Waals surface area contributed by atoms with E-state index in [-0.39, 0.29) is 4.90 Å². The van der Waals surface area contributed by atoms with Crippen LogP contribution >= 0.6 is 0 Å². The van der Waals surface area contributed by atoms with Gasteiger partial charge in [-0.25, -0.2) is 13.0 Å². The third-order valence-electron chi connectivity index (χ3n) is 6.79. The molecule has 2 aromatic rings. The Kier molecular flexibility index (Phi) is 13.7. The highest BCUT2D eigenvalue weighted by atomic mass is 32.2. The number of unbranched alkanes of at least 4 members (excludes halogenated alkanes) is 10. The molecule has 0 aliphatic carbocycles. The predicted molar refractivity (Wildman–Crippen MR) is 149 cm³/mol. The van der Waals surface area contributed by atoms with Crippen molar-refractivity contribution in [3.63, 3.8) is 0 Å². The van der Waals surface area contributed by atoms with Crippen LogP contribution in [0.2, 0.25) is 0 Å². The molecular formula is C27H49N5O3S. The molecule has 206 valence electrons. The number of fused-ring (bicyclic) bond motifs is 1. The van der Waals surface area contributed by atoms with Gasteiger partial charge in [0.05, 0.1) is 5.69 Å². The van der Waals surface area contributed by atoms with E-state index in [4.69, 9.17) is 4.63 Å². The zero-order chi connectivity index (χ0) is 26.4. The second-order valence-electron chi connectivity index (χ2n) is 10.2. The summed E-state index contributed by atoms with van der Waals surface area (Å²) in [7, 11) is 2.31. The summed E-state index contributed by atoms with van der Waals surface area (Å²) in [6.07, 6.45) is 13.5. The van der Waals surface area contributed by atoms with Crippen LogP contribution in [0.1, 0.15) is 90.9 Å². The molecule has 0 unspecified atom stereocenters. The number of nitrogens with zero attached hydrogens (tertiary/aromatic N) is 5. The number of hydrogen-bond donors (Lipinski definition) is 0. The number of aromatic nitrogens is 2. The Labute approximate surface area is 219 Å². The third-order valence-corrected chi connectivity index (χ3v) is 8.72. The van der Waals surface area contributed by atoms with Gasteiger partial charge in [0.25, 0.3) is 0 Å². The number of sulfonamides is 1. The molecule has 0 radical (unpaired) electrons. The minimum absolute atomic E-state index is 0.195. The van der Waals surface area contributed by atoms with Gasteiger partial charge in [0.2, 0.25) is 10.0 Å². The Morgan fingerprint density at radius 3 is 1.78 bits per heavy atom. The van der Waals surface area contributed by atoms with Crippen molar-refractivity contribution < 1.29 is 13.0 Å². The van der Waals surface area contributed by atoms with E-state index in [1.165, 1.54) is 38.5 Å². The fourth-order valence-electron chi connectivity index (χ4n) is 4.45. The lowest BCUT2D eigenvalue weighted by Gasteiger charge is -2.24. The molecule has 0 bridgehead atoms. The van der Waals surface area contributed by atoms with Crippen LogP contribution in [0.25, 0.3) is 11.0 Å². The molecule has 9 heteroatoms. The maximum Gasteiger partial charge on any atom is 0.245 e. The molecule has 0 amide bonds. The number of likely N-dealkylation sites (N-methyl/N-ethyl adjacent to an activating group) is 2. The highest BCUT2D eigenvalue weighted by Crippen LogP contribution is 2.31. The molecule has 0 N–H and O–H groups in total. The van der Waals surface area contributed by atoms with Gasteiger partial charge in [-0.3, -0.25) is 0 Å². The van der Waals surface area contributed by atoms with Crippen molar-refractivity contribution in [2.24, 2.45) is 0 Å². The minimum Gasteiger partial charge on any atom is -0.371 e. The quantitative estimate of drug-likeness (QED) is 0.199. The first-order valence-electron chi connectivity index (χ1n) is 13.9. The first-order chi connectivity index (χ1) is 17.3. The van der Waals surface area contributed by atoms with Crippen molar-refractivity contribution in [1.29, 1.82) is 0 Å². The van der Waals surface area contributed by atoms with Gasteiger partial charge in [0.15, 0.2) is 11.0 Å². The van der Waals surface area contributed by atoms with E-state index in [1.54, 1.807) is 10.4 Å². The first kappa shape index (κ1) is 30.5. The molecule has 36 heavy (non-hydrogen) atoms. The Balaban J connectivity index is 2.20. The van der Waals surface area contributed by atoms with Gasteiger partial charge in [-0.1, -0.05) is 78.1 Å². The molecule has 0 saturated heterocycles. The number of benzene rings is 1. The highest BCUT2D eigenvalue weighted by molar-refractivity contribution is 7.89. The average molecular weight is 524 g/mol. The Morgan fingerprint density at radius 2 is 1.22 bits per heavy atom.